The van der Waals surface area contributed by atoms with Crippen molar-refractivity contribution in [3.05, 3.63) is 29.3 Å². The van der Waals surface area contributed by atoms with E-state index in [9.17, 15) is 4.55 Å². The quantitative estimate of drug-likeness (QED) is 0.564. The highest BCUT2D eigenvalue weighted by atomic mass is 32.2. The molecule has 1 rings (SSSR count). The van der Waals surface area contributed by atoms with Crippen LogP contribution in [0.5, 0.6) is 0 Å². The Morgan fingerprint density at radius 2 is 2.31 bits per heavy atom. The molecule has 2 N–H and O–H groups in total. The van der Waals surface area contributed by atoms with Crippen LogP contribution in [0, 0.1) is 11.3 Å². The molecule has 0 amide bonds. The number of benzene rings is 1. The van der Waals surface area contributed by atoms with Crippen LogP contribution in [-0.2, 0) is 16.9 Å². The van der Waals surface area contributed by atoms with Crippen molar-refractivity contribution in [2.24, 2.45) is 0 Å². The minimum atomic E-state index is -0.926. The summed E-state index contributed by atoms with van der Waals surface area (Å²) in [5, 5.41) is 8.67. The number of nitriles is 1. The Morgan fingerprint density at radius 1 is 1.62 bits per heavy atom. The van der Waals surface area contributed by atoms with Crippen LogP contribution >= 0.6 is 0 Å². The molecule has 0 aliphatic heterocycles. The molecule has 68 valence electrons. The van der Waals surface area contributed by atoms with Crippen molar-refractivity contribution in [3.63, 3.8) is 0 Å². The van der Waals surface area contributed by atoms with Crippen molar-refractivity contribution in [1.29, 1.82) is 5.26 Å². The van der Waals surface area contributed by atoms with Crippen molar-refractivity contribution in [3.8, 4) is 6.07 Å². The van der Waals surface area contributed by atoms with Crippen LogP contribution in [0.1, 0.15) is 11.1 Å². The van der Waals surface area contributed by atoms with E-state index in [1.807, 2.05) is 6.07 Å². The number of hydrogen-bond donors (Lipinski definition) is 1. The van der Waals surface area contributed by atoms with E-state index in [1.54, 1.807) is 24.5 Å². The minimum Gasteiger partial charge on any atom is -0.616 e. The number of nitrogens with zero attached hydrogens (tertiary/aromatic N) is 1. The lowest BCUT2D eigenvalue weighted by atomic mass is 10.1. The zero-order chi connectivity index (χ0) is 9.84. The van der Waals surface area contributed by atoms with Crippen molar-refractivity contribution in [1.82, 2.24) is 0 Å². The first kappa shape index (κ1) is 9.90. The molecule has 0 bridgehead atoms. The van der Waals surface area contributed by atoms with E-state index >= 15 is 0 Å². The van der Waals surface area contributed by atoms with Gasteiger partial charge in [-0.25, -0.2) is 0 Å². The molecule has 0 radical (unpaired) electrons. The molecule has 3 nitrogen and oxygen atoms in total. The van der Waals surface area contributed by atoms with Crippen LogP contribution in [0.2, 0.25) is 0 Å². The topological polar surface area (TPSA) is 72.9 Å². The molecule has 1 atom stereocenters. The molecule has 1 aromatic rings. The first-order valence-electron chi connectivity index (χ1n) is 3.72. The van der Waals surface area contributed by atoms with Gasteiger partial charge in [-0.3, -0.25) is 0 Å². The zero-order valence-corrected chi connectivity index (χ0v) is 8.10. The molecule has 0 heterocycles. The highest BCUT2D eigenvalue weighted by Gasteiger charge is 2.07. The third kappa shape index (κ3) is 2.38. The smallest absolute Gasteiger partial charge is 0.132 e. The molecule has 0 aliphatic carbocycles. The summed E-state index contributed by atoms with van der Waals surface area (Å²) in [4.78, 5) is 0. The Morgan fingerprint density at radius 3 is 2.85 bits per heavy atom. The Kier molecular flexibility index (Phi) is 3.18. The molecule has 4 heteroatoms. The molecule has 1 unspecified atom stereocenters. The summed E-state index contributed by atoms with van der Waals surface area (Å²) in [6, 6.07) is 7.17. The average Bonchev–Trinajstić information content (AvgIpc) is 2.08. The average molecular weight is 194 g/mol. The molecule has 0 saturated heterocycles. The second-order valence-electron chi connectivity index (χ2n) is 2.71. The van der Waals surface area contributed by atoms with E-state index in [2.05, 4.69) is 0 Å². The maximum absolute atomic E-state index is 10.9. The lowest BCUT2D eigenvalue weighted by Gasteiger charge is -2.07. The van der Waals surface area contributed by atoms with Crippen molar-refractivity contribution >= 4 is 16.9 Å². The van der Waals surface area contributed by atoms with Gasteiger partial charge in [0.25, 0.3) is 0 Å². The van der Waals surface area contributed by atoms with E-state index in [0.29, 0.717) is 17.0 Å². The summed E-state index contributed by atoms with van der Waals surface area (Å²) in [6.45, 7) is 0. The van der Waals surface area contributed by atoms with Crippen LogP contribution in [0.3, 0.4) is 0 Å². The molecule has 0 aromatic heterocycles. The number of para-hydroxylation sites is 1. The maximum atomic E-state index is 10.9. The lowest BCUT2D eigenvalue weighted by Crippen LogP contribution is -2.05. The summed E-state index contributed by atoms with van der Waals surface area (Å²) in [7, 11) is 0. The highest BCUT2D eigenvalue weighted by Crippen LogP contribution is 2.18. The molecule has 0 spiro atoms. The van der Waals surface area contributed by atoms with Gasteiger partial charge in [0, 0.05) is 5.56 Å². The van der Waals surface area contributed by atoms with Crippen LogP contribution in [0.4, 0.5) is 5.69 Å². The number of nitrogens with two attached hydrogens (primary N) is 1. The van der Waals surface area contributed by atoms with Crippen LogP contribution < -0.4 is 5.73 Å². The predicted molar refractivity (Wildman–Crippen MR) is 53.3 cm³/mol. The van der Waals surface area contributed by atoms with E-state index in [-0.39, 0.29) is 0 Å². The largest absolute Gasteiger partial charge is 0.616 e. The van der Waals surface area contributed by atoms with Gasteiger partial charge >= 0.3 is 0 Å². The Bertz CT molecular complexity index is 344. The summed E-state index contributed by atoms with van der Waals surface area (Å²) in [5.74, 6) is 0.404. The van der Waals surface area contributed by atoms with Crippen LogP contribution in [0.15, 0.2) is 18.2 Å². The monoisotopic (exact) mass is 194 g/mol. The SMILES string of the molecule is C[S+]([O-])Cc1cccc(C#N)c1N. The first-order valence-corrected chi connectivity index (χ1v) is 5.45. The van der Waals surface area contributed by atoms with Crippen molar-refractivity contribution in [2.75, 3.05) is 12.0 Å². The van der Waals surface area contributed by atoms with E-state index < -0.39 is 11.2 Å². The molecular formula is C9H10N2OS. The molecule has 1 aromatic carbocycles. The molecular weight excluding hydrogens is 184 g/mol. The highest BCUT2D eigenvalue weighted by molar-refractivity contribution is 7.89. The number of anilines is 1. The van der Waals surface area contributed by atoms with Crippen molar-refractivity contribution < 1.29 is 4.55 Å². The number of hydrogen-bond acceptors (Lipinski definition) is 3. The fourth-order valence-electron chi connectivity index (χ4n) is 1.06. The predicted octanol–water partition coefficient (Wildman–Crippen LogP) is 1.02. The molecule has 0 aliphatic rings. The summed E-state index contributed by atoms with van der Waals surface area (Å²) in [6.07, 6.45) is 1.61. The lowest BCUT2D eigenvalue weighted by molar-refractivity contribution is 0.600. The third-order valence-corrected chi connectivity index (χ3v) is 2.39. The summed E-state index contributed by atoms with van der Waals surface area (Å²) in [5.41, 5.74) is 7.35. The van der Waals surface area contributed by atoms with Gasteiger partial charge in [0.05, 0.1) is 17.5 Å². The van der Waals surface area contributed by atoms with Gasteiger partial charge in [-0.15, -0.1) is 0 Å². The molecule has 13 heavy (non-hydrogen) atoms. The normalized spacial score (nSPS) is 12.1. The Labute approximate surface area is 80.4 Å². The first-order chi connectivity index (χ1) is 6.15. The summed E-state index contributed by atoms with van der Waals surface area (Å²) >= 11 is -0.926. The summed E-state index contributed by atoms with van der Waals surface area (Å²) < 4.78 is 10.9. The third-order valence-electron chi connectivity index (χ3n) is 1.68. The van der Waals surface area contributed by atoms with Gasteiger partial charge in [0.2, 0.25) is 0 Å². The molecule has 0 saturated carbocycles. The van der Waals surface area contributed by atoms with Gasteiger partial charge in [-0.05, 0) is 6.07 Å². The number of rotatable bonds is 2. The maximum Gasteiger partial charge on any atom is 0.132 e. The number of nitrogen functional groups attached to an aromatic ring is 1. The van der Waals surface area contributed by atoms with E-state index in [0.717, 1.165) is 5.56 Å². The van der Waals surface area contributed by atoms with Crippen LogP contribution in [0.25, 0.3) is 0 Å². The molecule has 0 fully saturated rings. The van der Waals surface area contributed by atoms with Crippen LogP contribution in [-0.4, -0.2) is 10.8 Å². The van der Waals surface area contributed by atoms with E-state index in [4.69, 9.17) is 11.0 Å². The van der Waals surface area contributed by atoms with Gasteiger partial charge in [0.1, 0.15) is 11.8 Å². The standard InChI is InChI=1S/C9H10N2OS/c1-13(12)6-8-4-2-3-7(5-10)9(8)11/h2-4H,6,11H2,1H3. The Hall–Kier alpha value is -1.18. The fourth-order valence-corrected chi connectivity index (χ4v) is 1.75. The van der Waals surface area contributed by atoms with E-state index in [1.165, 1.54) is 0 Å². The zero-order valence-electron chi connectivity index (χ0n) is 7.28. The second kappa shape index (κ2) is 4.17. The minimum absolute atomic E-state index is 0.404. The second-order valence-corrected chi connectivity index (χ2v) is 4.14. The van der Waals surface area contributed by atoms with Gasteiger partial charge in [0.15, 0.2) is 0 Å². The Balaban J connectivity index is 3.03. The van der Waals surface area contributed by atoms with Gasteiger partial charge in [-0.2, -0.15) is 5.26 Å². The fraction of sp³-hybridized carbons (Fsp3) is 0.222. The van der Waals surface area contributed by atoms with Gasteiger partial charge in [-0.1, -0.05) is 23.3 Å². The van der Waals surface area contributed by atoms with Gasteiger partial charge < -0.3 is 10.3 Å². The van der Waals surface area contributed by atoms with Crippen molar-refractivity contribution in [2.45, 2.75) is 5.75 Å².